The van der Waals surface area contributed by atoms with Crippen LogP contribution in [0.4, 0.5) is 35.9 Å². The number of hydrogen-bond acceptors (Lipinski definition) is 6. The van der Waals surface area contributed by atoms with Crippen LogP contribution < -0.4 is 10.6 Å². The van der Waals surface area contributed by atoms with Crippen molar-refractivity contribution in [2.45, 2.75) is 76.2 Å². The number of rotatable bonds is 12. The number of carbonyl (C=O) groups excluding carboxylic acids is 2. The van der Waals surface area contributed by atoms with E-state index in [0.717, 1.165) is 11.1 Å². The molecule has 2 aromatic carbocycles. The lowest BCUT2D eigenvalue weighted by atomic mass is 9.75. The van der Waals surface area contributed by atoms with Crippen molar-refractivity contribution in [3.8, 4) is 0 Å². The fourth-order valence-electron chi connectivity index (χ4n) is 5.38. The lowest BCUT2D eigenvalue weighted by Crippen LogP contribution is -2.45. The van der Waals surface area contributed by atoms with Crippen LogP contribution in [0.2, 0.25) is 0 Å². The van der Waals surface area contributed by atoms with E-state index >= 15 is 0 Å². The predicted molar refractivity (Wildman–Crippen MR) is 155 cm³/mol. The smallest absolute Gasteiger partial charge is 0.407 e. The molecule has 46 heavy (non-hydrogen) atoms. The van der Waals surface area contributed by atoms with Crippen molar-refractivity contribution in [2.24, 2.45) is 23.7 Å². The van der Waals surface area contributed by atoms with Crippen LogP contribution in [0.3, 0.4) is 0 Å². The average Bonchev–Trinajstić information content (AvgIpc) is 2.97. The Balaban J connectivity index is 0.000000250. The number of hydrogen-bond donors (Lipinski definition) is 4. The van der Waals surface area contributed by atoms with Crippen molar-refractivity contribution in [1.82, 2.24) is 10.6 Å². The molecule has 256 valence electrons. The quantitative estimate of drug-likeness (QED) is 0.193. The van der Waals surface area contributed by atoms with Gasteiger partial charge in [0.15, 0.2) is 0 Å². The molecule has 0 heterocycles. The van der Waals surface area contributed by atoms with E-state index in [1.54, 1.807) is 0 Å². The minimum atomic E-state index is -4.37. The molecule has 2 atom stereocenters. The number of amides is 2. The molecule has 0 spiro atoms. The Morgan fingerprint density at radius 2 is 0.978 bits per heavy atom. The van der Waals surface area contributed by atoms with E-state index in [4.69, 9.17) is 19.7 Å². The number of nitrogens with one attached hydrogen (secondary N) is 2. The lowest BCUT2D eigenvalue weighted by Gasteiger charge is -2.37. The van der Waals surface area contributed by atoms with Crippen LogP contribution in [-0.2, 0) is 22.7 Å². The van der Waals surface area contributed by atoms with Gasteiger partial charge in [-0.05, 0) is 61.5 Å². The van der Waals surface area contributed by atoms with Crippen molar-refractivity contribution in [3.63, 3.8) is 0 Å². The molecule has 2 aromatic rings. The van der Waals surface area contributed by atoms with Gasteiger partial charge in [0.05, 0.1) is 25.0 Å². The highest BCUT2D eigenvalue weighted by Gasteiger charge is 2.44. The Labute approximate surface area is 263 Å². The highest BCUT2D eigenvalue weighted by Crippen LogP contribution is 2.39. The number of ether oxygens (including phenoxy) is 2. The summed E-state index contributed by atoms with van der Waals surface area (Å²) in [6.45, 7) is -1.47. The second-order valence-corrected chi connectivity index (χ2v) is 11.8. The summed E-state index contributed by atoms with van der Waals surface area (Å²) in [6, 6.07) is 18.1. The maximum absolute atomic E-state index is 12.6. The molecule has 2 saturated carbocycles. The van der Waals surface area contributed by atoms with E-state index in [-0.39, 0.29) is 50.0 Å². The molecule has 2 amide bonds. The molecule has 4 rings (SSSR count). The van der Waals surface area contributed by atoms with Crippen molar-refractivity contribution in [1.29, 1.82) is 0 Å². The van der Waals surface area contributed by atoms with Gasteiger partial charge in [-0.3, -0.25) is 0 Å². The zero-order valence-electron chi connectivity index (χ0n) is 25.1. The lowest BCUT2D eigenvalue weighted by molar-refractivity contribution is -0.191. The molecule has 0 radical (unpaired) electrons. The van der Waals surface area contributed by atoms with Crippen molar-refractivity contribution < 1.29 is 55.6 Å². The summed E-state index contributed by atoms with van der Waals surface area (Å²) in [5.74, 6) is -3.63. The average molecular weight is 663 g/mol. The molecule has 2 aliphatic carbocycles. The summed E-state index contributed by atoms with van der Waals surface area (Å²) < 4.78 is 85.5. The zero-order valence-corrected chi connectivity index (χ0v) is 25.1. The van der Waals surface area contributed by atoms with Gasteiger partial charge in [-0.2, -0.15) is 26.3 Å². The summed E-state index contributed by atoms with van der Waals surface area (Å²) in [4.78, 5) is 23.2. The molecule has 2 aliphatic rings. The Hall–Kier alpha value is -3.52. The number of aliphatic hydroxyl groups is 2. The van der Waals surface area contributed by atoms with Crippen LogP contribution in [0.25, 0.3) is 0 Å². The molecule has 0 saturated heterocycles. The first-order chi connectivity index (χ1) is 21.8. The van der Waals surface area contributed by atoms with E-state index in [9.17, 15) is 35.9 Å². The summed E-state index contributed by atoms with van der Waals surface area (Å²) in [5.41, 5.74) is 1.73. The number of aliphatic hydroxyl groups excluding tert-OH is 2. The Morgan fingerprint density at radius 3 is 1.26 bits per heavy atom. The fraction of sp³-hybridized carbons (Fsp3) is 0.562. The summed E-state index contributed by atoms with van der Waals surface area (Å²) in [6.07, 6.45) is -8.16. The van der Waals surface area contributed by atoms with Gasteiger partial charge in [0, 0.05) is 12.1 Å². The third kappa shape index (κ3) is 12.7. The summed E-state index contributed by atoms with van der Waals surface area (Å²) >= 11 is 0. The van der Waals surface area contributed by atoms with Crippen LogP contribution in [0, 0.1) is 23.7 Å². The fourth-order valence-corrected chi connectivity index (χ4v) is 5.38. The van der Waals surface area contributed by atoms with Gasteiger partial charge in [0.25, 0.3) is 0 Å². The number of halogens is 6. The Bertz CT molecular complexity index is 1100. The van der Waals surface area contributed by atoms with Crippen molar-refractivity contribution >= 4 is 12.2 Å². The zero-order chi connectivity index (χ0) is 33.7. The van der Waals surface area contributed by atoms with E-state index in [0.29, 0.717) is 25.7 Å². The van der Waals surface area contributed by atoms with Crippen molar-refractivity contribution in [2.75, 3.05) is 13.2 Å². The van der Waals surface area contributed by atoms with Gasteiger partial charge in [-0.15, -0.1) is 0 Å². The summed E-state index contributed by atoms with van der Waals surface area (Å²) in [7, 11) is 0. The highest BCUT2D eigenvalue weighted by molar-refractivity contribution is 5.68. The first-order valence-electron chi connectivity index (χ1n) is 15.1. The summed E-state index contributed by atoms with van der Waals surface area (Å²) in [5, 5.41) is 22.9. The molecule has 8 nitrogen and oxygen atoms in total. The van der Waals surface area contributed by atoms with Crippen molar-refractivity contribution in [3.05, 3.63) is 71.8 Å². The van der Waals surface area contributed by atoms with Crippen LogP contribution in [0.15, 0.2) is 60.7 Å². The van der Waals surface area contributed by atoms with Crippen LogP contribution >= 0.6 is 0 Å². The topological polar surface area (TPSA) is 117 Å². The third-order valence-corrected chi connectivity index (χ3v) is 8.14. The predicted octanol–water partition coefficient (Wildman–Crippen LogP) is 6.50. The molecule has 4 N–H and O–H groups in total. The molecular formula is C32H40F6N2O6. The van der Waals surface area contributed by atoms with E-state index in [2.05, 4.69) is 10.6 Å². The number of alkyl halides is 6. The van der Waals surface area contributed by atoms with E-state index < -0.39 is 49.6 Å². The van der Waals surface area contributed by atoms with Gasteiger partial charge in [-0.25, -0.2) is 9.59 Å². The normalized spacial score (nSPS) is 22.1. The SMILES string of the molecule is O=C(NC1CC(C[C@H](CO)C(F)(F)F)C1)OCc1ccccc1.O=C(NC1CC(C[C@H](CO)C(F)(F)F)C1)OCc1ccccc1. The highest BCUT2D eigenvalue weighted by atomic mass is 19.4. The molecule has 0 aliphatic heterocycles. The number of benzene rings is 2. The molecule has 0 bridgehead atoms. The number of carbonyl (C=O) groups is 2. The maximum atomic E-state index is 12.6. The second kappa shape index (κ2) is 17.4. The molecule has 14 heteroatoms. The molecular weight excluding hydrogens is 622 g/mol. The van der Waals surface area contributed by atoms with Gasteiger partial charge >= 0.3 is 24.5 Å². The Morgan fingerprint density at radius 1 is 0.652 bits per heavy atom. The van der Waals surface area contributed by atoms with E-state index in [1.165, 1.54) is 0 Å². The molecule has 0 unspecified atom stereocenters. The van der Waals surface area contributed by atoms with E-state index in [1.807, 2.05) is 60.7 Å². The van der Waals surface area contributed by atoms with Gasteiger partial charge in [0.1, 0.15) is 13.2 Å². The van der Waals surface area contributed by atoms with Gasteiger partial charge < -0.3 is 30.3 Å². The van der Waals surface area contributed by atoms with Crippen LogP contribution in [0.1, 0.15) is 49.7 Å². The number of alkyl carbamates (subject to hydrolysis) is 2. The minimum Gasteiger partial charge on any atom is -0.445 e. The molecule has 2 fully saturated rings. The minimum absolute atomic E-state index is 0.1000. The van der Waals surface area contributed by atoms with Gasteiger partial charge in [0.2, 0.25) is 0 Å². The second-order valence-electron chi connectivity index (χ2n) is 11.8. The third-order valence-electron chi connectivity index (χ3n) is 8.14. The van der Waals surface area contributed by atoms with Gasteiger partial charge in [-0.1, -0.05) is 60.7 Å². The first-order valence-corrected chi connectivity index (χ1v) is 15.1. The standard InChI is InChI=1S/2C16H20F3NO3/c2*17-16(18,19)13(9-21)6-12-7-14(8-12)20-15(22)23-10-11-4-2-1-3-5-11/h2*1-5,12-14,21H,6-10H2,(H,20,22)/t2*12?,13-,14?/m11/s1. The Kier molecular flexibility index (Phi) is 14.0. The maximum Gasteiger partial charge on any atom is 0.407 e. The van der Waals surface area contributed by atoms with Crippen LogP contribution in [-0.4, -0.2) is 60.0 Å². The monoisotopic (exact) mass is 662 g/mol. The molecule has 0 aromatic heterocycles. The van der Waals surface area contributed by atoms with Crippen LogP contribution in [0.5, 0.6) is 0 Å². The largest absolute Gasteiger partial charge is 0.445 e. The first kappa shape index (κ1) is 36.9.